The van der Waals surface area contributed by atoms with Crippen molar-refractivity contribution in [2.75, 3.05) is 0 Å². The first-order chi connectivity index (χ1) is 4.13. The lowest BCUT2D eigenvalue weighted by atomic mass is 10.2. The summed E-state index contributed by atoms with van der Waals surface area (Å²) in [5.41, 5.74) is 10.9. The van der Waals surface area contributed by atoms with Gasteiger partial charge in [-0.1, -0.05) is 0 Å². The van der Waals surface area contributed by atoms with Crippen molar-refractivity contribution in [1.29, 1.82) is 0 Å². The molecule has 5 heteroatoms. The normalized spacial score (nSPS) is 52.0. The molecule has 0 saturated carbocycles. The second-order valence-corrected chi connectivity index (χ2v) is 2.80. The van der Waals surface area contributed by atoms with Crippen LogP contribution in [0.25, 0.3) is 0 Å². The van der Waals surface area contributed by atoms with Gasteiger partial charge in [0.25, 0.3) is 0 Å². The van der Waals surface area contributed by atoms with E-state index in [4.69, 9.17) is 21.3 Å². The highest BCUT2D eigenvalue weighted by Gasteiger charge is 2.36. The quantitative estimate of drug-likeness (QED) is 0.355. The summed E-state index contributed by atoms with van der Waals surface area (Å²) in [5.74, 6) is -0.213. The molecule has 5 unspecified atom stereocenters. The molecule has 1 fully saturated rings. The molecule has 0 aromatic rings. The lowest BCUT2D eigenvalue weighted by Gasteiger charge is -2.09. The molecule has 0 spiro atoms. The number of ether oxygens (including phenoxy) is 1. The van der Waals surface area contributed by atoms with Gasteiger partial charge in [0.1, 0.15) is 0 Å². The van der Waals surface area contributed by atoms with E-state index in [0.717, 1.165) is 0 Å². The van der Waals surface area contributed by atoms with Crippen molar-refractivity contribution in [3.05, 3.63) is 0 Å². The Labute approximate surface area is 55.7 Å². The second-order valence-electron chi connectivity index (χ2n) is 2.15. The van der Waals surface area contributed by atoms with E-state index in [0.29, 0.717) is 0 Å². The van der Waals surface area contributed by atoms with Crippen molar-refractivity contribution in [3.63, 3.8) is 0 Å². The van der Waals surface area contributed by atoms with Crippen LogP contribution in [0.3, 0.4) is 0 Å². The number of hydrogen-bond donors (Lipinski definition) is 3. The Kier molecular flexibility index (Phi) is 2.03. The third-order valence-corrected chi connectivity index (χ3v) is 2.05. The van der Waals surface area contributed by atoms with E-state index >= 15 is 0 Å². The second kappa shape index (κ2) is 2.48. The first-order valence-corrected chi connectivity index (χ1v) is 3.40. The van der Waals surface area contributed by atoms with Crippen LogP contribution in [0.1, 0.15) is 0 Å². The van der Waals surface area contributed by atoms with E-state index in [1.807, 2.05) is 0 Å². The molecule has 0 aromatic heterocycles. The highest BCUT2D eigenvalue weighted by Crippen LogP contribution is 2.20. The van der Waals surface area contributed by atoms with Crippen LogP contribution in [0, 0.1) is 0 Å². The van der Waals surface area contributed by atoms with Crippen molar-refractivity contribution in [2.24, 2.45) is 11.5 Å². The SMILES string of the molecule is NC1C(O)OC(P)C1N. The molecule has 0 aromatic carbocycles. The van der Waals surface area contributed by atoms with Crippen molar-refractivity contribution >= 4 is 9.24 Å². The Balaban J connectivity index is 2.54. The number of aliphatic hydroxyl groups is 1. The van der Waals surface area contributed by atoms with Crippen LogP contribution in [0.5, 0.6) is 0 Å². The number of nitrogens with two attached hydrogens (primary N) is 2. The van der Waals surface area contributed by atoms with Crippen LogP contribution >= 0.6 is 9.24 Å². The smallest absolute Gasteiger partial charge is 0.172 e. The number of aliphatic hydroxyl groups excluding tert-OH is 1. The van der Waals surface area contributed by atoms with Crippen molar-refractivity contribution in [3.8, 4) is 0 Å². The van der Waals surface area contributed by atoms with Gasteiger partial charge < -0.3 is 21.3 Å². The molecule has 1 aliphatic heterocycles. The molecule has 0 bridgehead atoms. The fourth-order valence-corrected chi connectivity index (χ4v) is 1.17. The third kappa shape index (κ3) is 1.23. The van der Waals surface area contributed by atoms with E-state index in [9.17, 15) is 0 Å². The van der Waals surface area contributed by atoms with Crippen LogP contribution in [-0.2, 0) is 4.74 Å². The summed E-state index contributed by atoms with van der Waals surface area (Å²) in [7, 11) is 2.37. The van der Waals surface area contributed by atoms with Gasteiger partial charge in [-0.15, -0.1) is 9.24 Å². The Bertz CT molecular complexity index is 101. The van der Waals surface area contributed by atoms with Crippen LogP contribution < -0.4 is 11.5 Å². The van der Waals surface area contributed by atoms with E-state index in [2.05, 4.69) is 9.24 Å². The Morgan fingerprint density at radius 1 is 1.33 bits per heavy atom. The fourth-order valence-electron chi connectivity index (χ4n) is 0.752. The van der Waals surface area contributed by atoms with Gasteiger partial charge in [-0.25, -0.2) is 0 Å². The van der Waals surface area contributed by atoms with Gasteiger partial charge in [-0.3, -0.25) is 0 Å². The monoisotopic (exact) mass is 150 g/mol. The first-order valence-electron chi connectivity index (χ1n) is 2.73. The molecular formula is C4H11N2O2P. The zero-order valence-corrected chi connectivity index (χ0v) is 6.05. The molecule has 5 atom stereocenters. The maximum Gasteiger partial charge on any atom is 0.172 e. The van der Waals surface area contributed by atoms with Crippen molar-refractivity contribution in [2.45, 2.75) is 24.2 Å². The Morgan fingerprint density at radius 2 is 1.89 bits per heavy atom. The summed E-state index contributed by atoms with van der Waals surface area (Å²) in [6, 6.07) is -0.725. The van der Waals surface area contributed by atoms with E-state index in [-0.39, 0.29) is 11.9 Å². The number of rotatable bonds is 0. The van der Waals surface area contributed by atoms with Gasteiger partial charge in [0, 0.05) is 0 Å². The standard InChI is InChI=1S/C4H11N2O2P/c5-1-2(6)4(9)8-3(1)7/h1-4,7H,5-6,9H2. The third-order valence-electron chi connectivity index (χ3n) is 1.45. The lowest BCUT2D eigenvalue weighted by Crippen LogP contribution is -2.45. The maximum absolute atomic E-state index is 8.90. The molecule has 1 aliphatic rings. The topological polar surface area (TPSA) is 81.5 Å². The van der Waals surface area contributed by atoms with Crippen molar-refractivity contribution < 1.29 is 9.84 Å². The van der Waals surface area contributed by atoms with Crippen LogP contribution in [0.4, 0.5) is 0 Å². The van der Waals surface area contributed by atoms with Crippen LogP contribution in [0.15, 0.2) is 0 Å². The molecule has 4 nitrogen and oxygen atoms in total. The summed E-state index contributed by atoms with van der Waals surface area (Å²) in [6.07, 6.45) is -0.900. The largest absolute Gasteiger partial charge is 0.367 e. The predicted octanol–water partition coefficient (Wildman–Crippen LogP) is -1.81. The van der Waals surface area contributed by atoms with Gasteiger partial charge in [0.05, 0.1) is 17.9 Å². The molecule has 0 radical (unpaired) electrons. The predicted molar refractivity (Wildman–Crippen MR) is 36.5 cm³/mol. The first kappa shape index (κ1) is 7.38. The lowest BCUT2D eigenvalue weighted by molar-refractivity contribution is -0.0750. The minimum atomic E-state index is -0.900. The molecule has 5 N–H and O–H groups in total. The Morgan fingerprint density at radius 3 is 2.00 bits per heavy atom. The van der Waals surface area contributed by atoms with Gasteiger partial charge in [-0.05, 0) is 0 Å². The average Bonchev–Trinajstić information content (AvgIpc) is 1.98. The maximum atomic E-state index is 8.90. The van der Waals surface area contributed by atoms with Gasteiger partial charge >= 0.3 is 0 Å². The van der Waals surface area contributed by atoms with Crippen LogP contribution in [0.2, 0.25) is 0 Å². The van der Waals surface area contributed by atoms with Crippen molar-refractivity contribution in [1.82, 2.24) is 0 Å². The minimum Gasteiger partial charge on any atom is -0.367 e. The van der Waals surface area contributed by atoms with E-state index in [1.165, 1.54) is 0 Å². The molecular weight excluding hydrogens is 139 g/mol. The summed E-state index contributed by atoms with van der Waals surface area (Å²) in [6.45, 7) is 0. The van der Waals surface area contributed by atoms with E-state index in [1.54, 1.807) is 0 Å². The van der Waals surface area contributed by atoms with Gasteiger partial charge in [0.2, 0.25) is 0 Å². The molecule has 54 valence electrons. The fraction of sp³-hybridized carbons (Fsp3) is 1.00. The molecule has 9 heavy (non-hydrogen) atoms. The molecule has 0 aliphatic carbocycles. The molecule has 0 amide bonds. The summed E-state index contributed by atoms with van der Waals surface area (Å²) >= 11 is 0. The zero-order chi connectivity index (χ0) is 7.02. The minimum absolute atomic E-state index is 0.213. The van der Waals surface area contributed by atoms with E-state index < -0.39 is 12.3 Å². The highest BCUT2D eigenvalue weighted by molar-refractivity contribution is 7.17. The van der Waals surface area contributed by atoms with Gasteiger partial charge in [-0.2, -0.15) is 0 Å². The van der Waals surface area contributed by atoms with Crippen LogP contribution in [-0.4, -0.2) is 29.3 Å². The number of hydrogen-bond acceptors (Lipinski definition) is 4. The molecule has 1 rings (SSSR count). The molecule has 1 heterocycles. The Hall–Kier alpha value is 0.270. The average molecular weight is 150 g/mol. The van der Waals surface area contributed by atoms with Gasteiger partial charge in [0.15, 0.2) is 6.29 Å². The summed E-state index contributed by atoms with van der Waals surface area (Å²) in [5, 5.41) is 8.90. The summed E-state index contributed by atoms with van der Waals surface area (Å²) < 4.78 is 4.85. The summed E-state index contributed by atoms with van der Waals surface area (Å²) in [4.78, 5) is 0. The zero-order valence-electron chi connectivity index (χ0n) is 4.90. The highest BCUT2D eigenvalue weighted by atomic mass is 31.0. The molecule has 1 saturated heterocycles.